The number of urea groups is 1. The van der Waals surface area contributed by atoms with E-state index in [0.717, 1.165) is 26.2 Å². The van der Waals surface area contributed by atoms with Crippen LogP contribution >= 0.6 is 0 Å². The second-order valence-electron chi connectivity index (χ2n) is 4.44. The first kappa shape index (κ1) is 16.1. The van der Waals surface area contributed by atoms with Crippen LogP contribution in [0.15, 0.2) is 0 Å². The van der Waals surface area contributed by atoms with Gasteiger partial charge in [-0.15, -0.1) is 0 Å². The average Bonchev–Trinajstić information content (AvgIpc) is 3.03. The molecule has 2 aliphatic rings. The fraction of sp³-hybridized carbons (Fsp3) is 0.900. The zero-order chi connectivity index (χ0) is 14.3. The minimum absolute atomic E-state index is 0.139. The Morgan fingerprint density at radius 1 is 1.32 bits per heavy atom. The molecule has 9 nitrogen and oxygen atoms in total. The Morgan fingerprint density at radius 2 is 1.74 bits per heavy atom. The average molecular weight is 276 g/mol. The zero-order valence-electron chi connectivity index (χ0n) is 11.2. The van der Waals surface area contributed by atoms with E-state index in [0.29, 0.717) is 13.3 Å². The van der Waals surface area contributed by atoms with Crippen molar-refractivity contribution < 1.29 is 15.0 Å². The molecule has 0 radical (unpaired) electrons. The molecule has 9 heteroatoms. The second-order valence-corrected chi connectivity index (χ2v) is 4.44. The molecule has 19 heavy (non-hydrogen) atoms. The van der Waals surface area contributed by atoms with Crippen LogP contribution in [0.2, 0.25) is 0 Å². The molecule has 2 rings (SSSR count). The molecule has 0 aromatic heterocycles. The van der Waals surface area contributed by atoms with Crippen molar-refractivity contribution in [3.05, 3.63) is 0 Å². The number of rotatable bonds is 3. The van der Waals surface area contributed by atoms with Gasteiger partial charge >= 0.3 is 6.03 Å². The fourth-order valence-corrected chi connectivity index (χ4v) is 1.77. The predicted octanol–water partition coefficient (Wildman–Crippen LogP) is -2.72. The van der Waals surface area contributed by atoms with Crippen molar-refractivity contribution >= 4 is 6.03 Å². The zero-order valence-corrected chi connectivity index (χ0v) is 11.2. The van der Waals surface area contributed by atoms with Crippen LogP contribution in [0.5, 0.6) is 0 Å². The molecule has 0 aromatic rings. The summed E-state index contributed by atoms with van der Waals surface area (Å²) in [5.41, 5.74) is 5.34. The van der Waals surface area contributed by atoms with Crippen molar-refractivity contribution in [1.82, 2.24) is 25.8 Å². The number of hydrogen-bond acceptors (Lipinski definition) is 7. The quantitative estimate of drug-likeness (QED) is 0.380. The maximum Gasteiger partial charge on any atom is 0.344 e. The number of nitrogens with two attached hydrogens (primary N) is 1. The smallest absolute Gasteiger partial charge is 0.344 e. The topological polar surface area (TPSA) is 117 Å². The highest BCUT2D eigenvalue weighted by atomic mass is 16.3. The van der Waals surface area contributed by atoms with Gasteiger partial charge in [0.2, 0.25) is 0 Å². The van der Waals surface area contributed by atoms with E-state index in [4.69, 9.17) is 15.9 Å². The summed E-state index contributed by atoms with van der Waals surface area (Å²) in [6, 6.07) is -0.419. The Balaban J connectivity index is 0.000000312. The van der Waals surface area contributed by atoms with Gasteiger partial charge < -0.3 is 26.6 Å². The van der Waals surface area contributed by atoms with Crippen LogP contribution in [0.25, 0.3) is 0 Å². The standard InChI is InChI=1S/C7H16N6O.C3H8O2/c8-7(14)13(11-3-1-9-5-11)12-4-2-10-6-12;1-3(5)2-4/h9-10H,1-6H2,(H2,8,14);3-5H,2H2,1H3. The fourth-order valence-electron chi connectivity index (χ4n) is 1.77. The number of carbonyl (C=O) groups is 1. The molecule has 2 heterocycles. The lowest BCUT2D eigenvalue weighted by atomic mass is 10.5. The summed E-state index contributed by atoms with van der Waals surface area (Å²) in [6.07, 6.45) is -0.560. The summed E-state index contributed by atoms with van der Waals surface area (Å²) in [4.78, 5) is 11.3. The molecule has 0 saturated carbocycles. The van der Waals surface area contributed by atoms with Crippen molar-refractivity contribution in [2.24, 2.45) is 5.73 Å². The van der Waals surface area contributed by atoms with Crippen LogP contribution in [0.3, 0.4) is 0 Å². The van der Waals surface area contributed by atoms with E-state index in [1.807, 2.05) is 10.0 Å². The molecule has 2 fully saturated rings. The van der Waals surface area contributed by atoms with Gasteiger partial charge in [0.25, 0.3) is 0 Å². The van der Waals surface area contributed by atoms with Gasteiger partial charge in [-0.1, -0.05) is 0 Å². The first-order valence-electron chi connectivity index (χ1n) is 6.36. The highest BCUT2D eigenvalue weighted by Gasteiger charge is 2.29. The van der Waals surface area contributed by atoms with Crippen LogP contribution in [-0.4, -0.2) is 83.6 Å². The Bertz CT molecular complexity index is 250. The summed E-state index contributed by atoms with van der Waals surface area (Å²) in [7, 11) is 0. The molecule has 112 valence electrons. The number of aliphatic hydroxyl groups is 2. The van der Waals surface area contributed by atoms with Crippen molar-refractivity contribution in [2.45, 2.75) is 13.0 Å². The first-order valence-corrected chi connectivity index (χ1v) is 6.36. The molecule has 0 aromatic carbocycles. The van der Waals surface area contributed by atoms with Gasteiger partial charge in [-0.3, -0.25) is 0 Å². The van der Waals surface area contributed by atoms with Gasteiger partial charge in [0.05, 0.1) is 26.0 Å². The molecular formula is C10H24N6O3. The van der Waals surface area contributed by atoms with Crippen molar-refractivity contribution in [2.75, 3.05) is 46.1 Å². The van der Waals surface area contributed by atoms with Crippen LogP contribution in [0, 0.1) is 0 Å². The first-order chi connectivity index (χ1) is 9.06. The molecule has 2 amide bonds. The summed E-state index contributed by atoms with van der Waals surface area (Å²) in [5, 5.41) is 27.7. The highest BCUT2D eigenvalue weighted by Crippen LogP contribution is 2.07. The summed E-state index contributed by atoms with van der Waals surface area (Å²) >= 11 is 0. The Labute approximate surface area is 112 Å². The molecule has 1 atom stereocenters. The maximum absolute atomic E-state index is 11.3. The summed E-state index contributed by atoms with van der Waals surface area (Å²) in [6.45, 7) is 6.17. The molecule has 2 saturated heterocycles. The second kappa shape index (κ2) is 8.25. The highest BCUT2D eigenvalue weighted by molar-refractivity contribution is 5.70. The van der Waals surface area contributed by atoms with E-state index in [-0.39, 0.29) is 6.61 Å². The van der Waals surface area contributed by atoms with Crippen LogP contribution in [0.4, 0.5) is 4.79 Å². The lowest BCUT2D eigenvalue weighted by Crippen LogP contribution is -2.57. The van der Waals surface area contributed by atoms with Crippen LogP contribution in [-0.2, 0) is 0 Å². The molecule has 0 aliphatic carbocycles. The van der Waals surface area contributed by atoms with Crippen LogP contribution < -0.4 is 16.4 Å². The minimum atomic E-state index is -0.560. The minimum Gasteiger partial charge on any atom is -0.394 e. The number of primary amides is 1. The van der Waals surface area contributed by atoms with Gasteiger partial charge in [0, 0.05) is 26.2 Å². The lowest BCUT2D eigenvalue weighted by Gasteiger charge is -2.35. The van der Waals surface area contributed by atoms with Crippen molar-refractivity contribution in [3.8, 4) is 0 Å². The molecule has 0 bridgehead atoms. The SMILES string of the molecule is CC(O)CO.NC(=O)N(N1CCNC1)N1CCNC1. The maximum atomic E-state index is 11.3. The van der Waals surface area contributed by atoms with E-state index in [9.17, 15) is 4.79 Å². The lowest BCUT2D eigenvalue weighted by molar-refractivity contribution is -0.117. The van der Waals surface area contributed by atoms with E-state index in [1.165, 1.54) is 12.0 Å². The van der Waals surface area contributed by atoms with E-state index in [1.54, 1.807) is 0 Å². The summed E-state index contributed by atoms with van der Waals surface area (Å²) < 4.78 is 0. The number of nitrogens with zero attached hydrogens (tertiary/aromatic N) is 3. The number of hydrazine groups is 2. The Kier molecular flexibility index (Phi) is 6.99. The van der Waals surface area contributed by atoms with Gasteiger partial charge in [0.1, 0.15) is 0 Å². The molecule has 6 N–H and O–H groups in total. The predicted molar refractivity (Wildman–Crippen MR) is 69.3 cm³/mol. The van der Waals surface area contributed by atoms with Crippen LogP contribution in [0.1, 0.15) is 6.92 Å². The third-order valence-corrected chi connectivity index (χ3v) is 2.68. The monoisotopic (exact) mass is 276 g/mol. The number of hydrogen-bond donors (Lipinski definition) is 5. The largest absolute Gasteiger partial charge is 0.394 e. The Hall–Kier alpha value is -0.970. The number of carbonyl (C=O) groups excluding carboxylic acids is 1. The van der Waals surface area contributed by atoms with E-state index in [2.05, 4.69) is 10.6 Å². The van der Waals surface area contributed by atoms with E-state index >= 15 is 0 Å². The number of aliphatic hydroxyl groups excluding tert-OH is 2. The van der Waals surface area contributed by atoms with E-state index < -0.39 is 12.1 Å². The van der Waals surface area contributed by atoms with Crippen molar-refractivity contribution in [3.63, 3.8) is 0 Å². The van der Waals surface area contributed by atoms with Gasteiger partial charge in [-0.2, -0.15) is 15.1 Å². The molecule has 2 aliphatic heterocycles. The molecule has 1 unspecified atom stereocenters. The summed E-state index contributed by atoms with van der Waals surface area (Å²) in [5.74, 6) is 0. The third-order valence-electron chi connectivity index (χ3n) is 2.68. The Morgan fingerprint density at radius 3 is 1.95 bits per heavy atom. The third kappa shape index (κ3) is 5.27. The van der Waals surface area contributed by atoms with Gasteiger partial charge in [-0.05, 0) is 6.92 Å². The van der Waals surface area contributed by atoms with Crippen molar-refractivity contribution in [1.29, 1.82) is 0 Å². The van der Waals surface area contributed by atoms with Gasteiger partial charge in [-0.25, -0.2) is 4.79 Å². The van der Waals surface area contributed by atoms with Gasteiger partial charge in [0.15, 0.2) is 0 Å². The molecule has 0 spiro atoms. The number of amides is 2. The molecular weight excluding hydrogens is 252 g/mol. The normalized spacial score (nSPS) is 21.8. The number of nitrogens with one attached hydrogen (secondary N) is 2.